The van der Waals surface area contributed by atoms with Crippen LogP contribution in [0.15, 0.2) is 48.5 Å². The lowest BCUT2D eigenvalue weighted by atomic mass is 9.83. The van der Waals surface area contributed by atoms with E-state index in [1.54, 1.807) is 6.92 Å². The van der Waals surface area contributed by atoms with Crippen LogP contribution in [0, 0.1) is 5.41 Å². The number of carboxylic acids is 1. The van der Waals surface area contributed by atoms with Gasteiger partial charge in [0.05, 0.1) is 31.1 Å². The van der Waals surface area contributed by atoms with Crippen LogP contribution in [-0.2, 0) is 19.1 Å². The maximum absolute atomic E-state index is 13.1. The summed E-state index contributed by atoms with van der Waals surface area (Å²) in [6.45, 7) is 4.12. The van der Waals surface area contributed by atoms with Crippen molar-refractivity contribution in [3.8, 4) is 11.1 Å². The molecule has 0 spiro atoms. The maximum Gasteiger partial charge on any atom is 0.407 e. The Balaban J connectivity index is 1.39. The van der Waals surface area contributed by atoms with Crippen molar-refractivity contribution in [1.29, 1.82) is 0 Å². The summed E-state index contributed by atoms with van der Waals surface area (Å²) in [4.78, 5) is 37.0. The lowest BCUT2D eigenvalue weighted by Crippen LogP contribution is -2.55. The van der Waals surface area contributed by atoms with E-state index in [4.69, 9.17) is 14.6 Å². The number of carboxylic acid groups (broad SMARTS) is 1. The molecule has 1 heterocycles. The summed E-state index contributed by atoms with van der Waals surface area (Å²) in [6, 6.07) is 15.1. The minimum Gasteiger partial charge on any atom is -0.481 e. The Labute approximate surface area is 205 Å². The molecule has 8 nitrogen and oxygen atoms in total. The minimum absolute atomic E-state index is 0.0616. The Kier molecular flexibility index (Phi) is 7.40. The average molecular weight is 481 g/mol. The van der Waals surface area contributed by atoms with E-state index in [9.17, 15) is 14.4 Å². The number of hydrogen-bond donors (Lipinski definition) is 3. The van der Waals surface area contributed by atoms with Crippen LogP contribution in [-0.4, -0.2) is 55.0 Å². The summed E-state index contributed by atoms with van der Waals surface area (Å²) in [6.07, 6.45) is 0.532. The molecule has 2 amide bonds. The van der Waals surface area contributed by atoms with Gasteiger partial charge in [0.15, 0.2) is 0 Å². The van der Waals surface area contributed by atoms with Gasteiger partial charge in [0.2, 0.25) is 5.91 Å². The molecule has 0 saturated carbocycles. The van der Waals surface area contributed by atoms with Crippen molar-refractivity contribution in [3.63, 3.8) is 0 Å². The first-order chi connectivity index (χ1) is 16.8. The van der Waals surface area contributed by atoms with Crippen LogP contribution >= 0.6 is 0 Å². The highest BCUT2D eigenvalue weighted by Crippen LogP contribution is 2.44. The second-order valence-corrected chi connectivity index (χ2v) is 9.51. The SMILES string of the molecule is CCCC(CC(=O)O)NC(=O)C1(C)COCC1NC(=O)OCC1c2ccccc2-c2ccccc21. The highest BCUT2D eigenvalue weighted by Gasteiger charge is 2.48. The molecule has 0 bridgehead atoms. The van der Waals surface area contributed by atoms with E-state index in [1.165, 1.54) is 0 Å². The van der Waals surface area contributed by atoms with Crippen molar-refractivity contribution in [1.82, 2.24) is 10.6 Å². The highest BCUT2D eigenvalue weighted by molar-refractivity contribution is 5.85. The van der Waals surface area contributed by atoms with E-state index in [1.807, 2.05) is 31.2 Å². The number of ether oxygens (including phenoxy) is 2. The van der Waals surface area contributed by atoms with Crippen LogP contribution in [0.2, 0.25) is 0 Å². The number of nitrogens with one attached hydrogen (secondary N) is 2. The molecule has 3 atom stereocenters. The summed E-state index contributed by atoms with van der Waals surface area (Å²) in [5.74, 6) is -1.36. The largest absolute Gasteiger partial charge is 0.481 e. The quantitative estimate of drug-likeness (QED) is 0.504. The fraction of sp³-hybridized carbons (Fsp3) is 0.444. The Morgan fingerprint density at radius 3 is 2.34 bits per heavy atom. The molecular weight excluding hydrogens is 448 g/mol. The van der Waals surface area contributed by atoms with E-state index in [2.05, 4.69) is 34.9 Å². The molecule has 3 unspecified atom stereocenters. The highest BCUT2D eigenvalue weighted by atomic mass is 16.5. The molecular formula is C27H32N2O6. The Hall–Kier alpha value is -3.39. The van der Waals surface area contributed by atoms with Gasteiger partial charge in [0, 0.05) is 12.0 Å². The van der Waals surface area contributed by atoms with Crippen LogP contribution in [0.5, 0.6) is 0 Å². The zero-order valence-corrected chi connectivity index (χ0v) is 20.1. The number of aliphatic carboxylic acids is 1. The molecule has 1 aliphatic carbocycles. The maximum atomic E-state index is 13.1. The minimum atomic E-state index is -1.03. The van der Waals surface area contributed by atoms with Crippen molar-refractivity contribution in [2.75, 3.05) is 19.8 Å². The third-order valence-electron chi connectivity index (χ3n) is 7.00. The van der Waals surface area contributed by atoms with Gasteiger partial charge in [-0.25, -0.2) is 4.79 Å². The number of fused-ring (bicyclic) bond motifs is 3. The molecule has 35 heavy (non-hydrogen) atoms. The van der Waals surface area contributed by atoms with Crippen molar-refractivity contribution in [2.45, 2.75) is 51.1 Å². The van der Waals surface area contributed by atoms with Gasteiger partial charge in [-0.15, -0.1) is 0 Å². The molecule has 186 valence electrons. The zero-order valence-electron chi connectivity index (χ0n) is 20.1. The van der Waals surface area contributed by atoms with Crippen molar-refractivity contribution < 1.29 is 29.0 Å². The number of benzene rings is 2. The monoisotopic (exact) mass is 480 g/mol. The molecule has 2 aliphatic rings. The van der Waals surface area contributed by atoms with Gasteiger partial charge in [-0.1, -0.05) is 61.9 Å². The van der Waals surface area contributed by atoms with Crippen LogP contribution in [0.3, 0.4) is 0 Å². The van der Waals surface area contributed by atoms with E-state index < -0.39 is 29.6 Å². The van der Waals surface area contributed by atoms with Crippen LogP contribution in [0.25, 0.3) is 11.1 Å². The fourth-order valence-electron chi connectivity index (χ4n) is 5.02. The standard InChI is InChI=1S/C27H32N2O6/c1-3-8-17(13-24(30)31)28-25(32)27(2)16-34-15-23(27)29-26(33)35-14-22-20-11-6-4-9-18(20)19-10-5-7-12-21(19)22/h4-7,9-12,17,22-23H,3,8,13-16H2,1-2H3,(H,28,32)(H,29,33)(H,30,31). The average Bonchev–Trinajstić information content (AvgIpc) is 3.36. The molecule has 1 saturated heterocycles. The van der Waals surface area contributed by atoms with Crippen LogP contribution < -0.4 is 10.6 Å². The predicted molar refractivity (Wildman–Crippen MR) is 130 cm³/mol. The molecule has 0 aromatic heterocycles. The van der Waals surface area contributed by atoms with E-state index >= 15 is 0 Å². The van der Waals surface area contributed by atoms with Gasteiger partial charge >= 0.3 is 12.1 Å². The third-order valence-corrected chi connectivity index (χ3v) is 7.00. The Morgan fingerprint density at radius 2 is 1.74 bits per heavy atom. The number of rotatable bonds is 9. The molecule has 1 aliphatic heterocycles. The van der Waals surface area contributed by atoms with Crippen molar-refractivity contribution in [2.24, 2.45) is 5.41 Å². The van der Waals surface area contributed by atoms with Gasteiger partial charge in [-0.3, -0.25) is 9.59 Å². The Bertz CT molecular complexity index is 1060. The summed E-state index contributed by atoms with van der Waals surface area (Å²) in [5, 5.41) is 14.8. The zero-order chi connectivity index (χ0) is 25.0. The summed E-state index contributed by atoms with van der Waals surface area (Å²) in [7, 11) is 0. The van der Waals surface area contributed by atoms with Crippen LogP contribution in [0.4, 0.5) is 4.79 Å². The summed E-state index contributed by atoms with van der Waals surface area (Å²) in [5.41, 5.74) is 3.50. The summed E-state index contributed by atoms with van der Waals surface area (Å²) < 4.78 is 11.2. The number of alkyl carbamates (subject to hydrolysis) is 1. The number of amides is 2. The van der Waals surface area contributed by atoms with Crippen molar-refractivity contribution in [3.05, 3.63) is 59.7 Å². The molecule has 0 radical (unpaired) electrons. The van der Waals surface area contributed by atoms with Gasteiger partial charge in [-0.05, 0) is 35.6 Å². The molecule has 3 N–H and O–H groups in total. The number of hydrogen-bond acceptors (Lipinski definition) is 5. The molecule has 4 rings (SSSR count). The normalized spacial score (nSPS) is 21.6. The number of carbonyl (C=O) groups excluding carboxylic acids is 2. The van der Waals surface area contributed by atoms with Gasteiger partial charge in [0.1, 0.15) is 6.61 Å². The first-order valence-electron chi connectivity index (χ1n) is 12.1. The molecule has 2 aromatic carbocycles. The van der Waals surface area contributed by atoms with Gasteiger partial charge in [-0.2, -0.15) is 0 Å². The number of carbonyl (C=O) groups is 3. The lowest BCUT2D eigenvalue weighted by Gasteiger charge is -2.30. The van der Waals surface area contributed by atoms with E-state index in [0.29, 0.717) is 6.42 Å². The second kappa shape index (κ2) is 10.5. The third kappa shape index (κ3) is 5.17. The smallest absolute Gasteiger partial charge is 0.407 e. The second-order valence-electron chi connectivity index (χ2n) is 9.51. The first kappa shape index (κ1) is 24.7. The molecule has 8 heteroatoms. The Morgan fingerprint density at radius 1 is 1.11 bits per heavy atom. The molecule has 2 aromatic rings. The summed E-state index contributed by atoms with van der Waals surface area (Å²) >= 11 is 0. The topological polar surface area (TPSA) is 114 Å². The van der Waals surface area contributed by atoms with Crippen molar-refractivity contribution >= 4 is 18.0 Å². The van der Waals surface area contributed by atoms with E-state index in [0.717, 1.165) is 28.7 Å². The van der Waals surface area contributed by atoms with Gasteiger partial charge < -0.3 is 25.2 Å². The first-order valence-corrected chi connectivity index (χ1v) is 12.1. The van der Waals surface area contributed by atoms with Gasteiger partial charge in [0.25, 0.3) is 0 Å². The van der Waals surface area contributed by atoms with Crippen LogP contribution in [0.1, 0.15) is 50.2 Å². The lowest BCUT2D eigenvalue weighted by molar-refractivity contribution is -0.138. The predicted octanol–water partition coefficient (Wildman–Crippen LogP) is 3.69. The van der Waals surface area contributed by atoms with E-state index in [-0.39, 0.29) is 38.1 Å². The molecule has 1 fully saturated rings. The fourth-order valence-corrected chi connectivity index (χ4v) is 5.02.